The van der Waals surface area contributed by atoms with E-state index in [2.05, 4.69) is 0 Å². The van der Waals surface area contributed by atoms with Gasteiger partial charge in [0.15, 0.2) is 0 Å². The summed E-state index contributed by atoms with van der Waals surface area (Å²) in [4.78, 5) is 13.9. The minimum Gasteiger partial charge on any atom is -0.377 e. The summed E-state index contributed by atoms with van der Waals surface area (Å²) < 4.78 is 37.4. The van der Waals surface area contributed by atoms with E-state index >= 15 is 0 Å². The van der Waals surface area contributed by atoms with E-state index in [4.69, 9.17) is 9.47 Å². The first-order valence-electron chi connectivity index (χ1n) is 8.01. The number of nitrogens with zero attached hydrogens (tertiary/aromatic N) is 2. The van der Waals surface area contributed by atoms with Gasteiger partial charge in [-0.2, -0.15) is 4.31 Å². The lowest BCUT2D eigenvalue weighted by Crippen LogP contribution is -2.61. The molecular weight excluding hydrogens is 332 g/mol. The van der Waals surface area contributed by atoms with E-state index < -0.39 is 15.6 Å². The molecule has 24 heavy (non-hydrogen) atoms. The van der Waals surface area contributed by atoms with Crippen molar-refractivity contribution in [3.05, 3.63) is 30.3 Å². The molecule has 0 saturated carbocycles. The number of hydrogen-bond acceptors (Lipinski definition) is 5. The Bertz CT molecular complexity index is 694. The Hall–Kier alpha value is -1.48. The summed E-state index contributed by atoms with van der Waals surface area (Å²) in [6.45, 7) is 2.89. The largest absolute Gasteiger partial charge is 0.377 e. The minimum atomic E-state index is -3.35. The molecule has 7 nitrogen and oxygen atoms in total. The molecular formula is C16H22N2O5S. The molecule has 1 aromatic rings. The molecule has 2 heterocycles. The molecule has 3 rings (SSSR count). The standard InChI is InChI=1S/C16H22N2O5S/c1-2-24(20,21)17-8-9-22-13-16(11-17)12-18(15(19)10-23-16)14-6-4-3-5-7-14/h3-7H,2,8-13H2,1H3/t16-/m1/s1. The van der Waals surface area contributed by atoms with Crippen LogP contribution < -0.4 is 4.90 Å². The molecule has 132 valence electrons. The second-order valence-electron chi connectivity index (χ2n) is 6.07. The topological polar surface area (TPSA) is 76.2 Å². The van der Waals surface area contributed by atoms with Gasteiger partial charge in [0.1, 0.15) is 12.2 Å². The predicted octanol–water partition coefficient (Wildman–Crippen LogP) is 0.470. The van der Waals surface area contributed by atoms with Crippen molar-refractivity contribution in [2.75, 3.05) is 50.1 Å². The van der Waals surface area contributed by atoms with Crippen molar-refractivity contribution >= 4 is 21.6 Å². The fraction of sp³-hybridized carbons (Fsp3) is 0.562. The zero-order chi connectivity index (χ0) is 17.2. The normalized spacial score (nSPS) is 26.5. The van der Waals surface area contributed by atoms with Crippen LogP contribution in [0.3, 0.4) is 0 Å². The highest BCUT2D eigenvalue weighted by atomic mass is 32.2. The Morgan fingerprint density at radius 3 is 2.67 bits per heavy atom. The smallest absolute Gasteiger partial charge is 0.253 e. The van der Waals surface area contributed by atoms with E-state index in [1.54, 1.807) is 11.8 Å². The summed E-state index contributed by atoms with van der Waals surface area (Å²) >= 11 is 0. The molecule has 2 aliphatic rings. The summed E-state index contributed by atoms with van der Waals surface area (Å²) in [6, 6.07) is 9.32. The molecule has 8 heteroatoms. The van der Waals surface area contributed by atoms with Gasteiger partial charge in [0.2, 0.25) is 10.0 Å². The zero-order valence-corrected chi connectivity index (χ0v) is 14.5. The van der Waals surface area contributed by atoms with Crippen molar-refractivity contribution in [2.45, 2.75) is 12.5 Å². The quantitative estimate of drug-likeness (QED) is 0.789. The maximum absolute atomic E-state index is 12.3. The number of para-hydroxylation sites is 1. The van der Waals surface area contributed by atoms with Gasteiger partial charge in [0.25, 0.3) is 5.91 Å². The summed E-state index contributed by atoms with van der Waals surface area (Å²) in [6.07, 6.45) is 0. The summed E-state index contributed by atoms with van der Waals surface area (Å²) in [5.74, 6) is -0.106. The molecule has 1 atom stereocenters. The van der Waals surface area contributed by atoms with Crippen molar-refractivity contribution in [2.24, 2.45) is 0 Å². The van der Waals surface area contributed by atoms with E-state index in [9.17, 15) is 13.2 Å². The first-order chi connectivity index (χ1) is 11.5. The third-order valence-electron chi connectivity index (χ3n) is 4.39. The molecule has 1 aromatic carbocycles. The van der Waals surface area contributed by atoms with Gasteiger partial charge >= 0.3 is 0 Å². The average molecular weight is 354 g/mol. The van der Waals surface area contributed by atoms with Gasteiger partial charge in [-0.05, 0) is 19.1 Å². The van der Waals surface area contributed by atoms with Crippen molar-refractivity contribution < 1.29 is 22.7 Å². The van der Waals surface area contributed by atoms with Crippen LogP contribution in [0.25, 0.3) is 0 Å². The number of anilines is 1. The van der Waals surface area contributed by atoms with Crippen molar-refractivity contribution in [1.82, 2.24) is 4.31 Å². The molecule has 1 spiro atoms. The van der Waals surface area contributed by atoms with Crippen LogP contribution in [0.2, 0.25) is 0 Å². The molecule has 2 fully saturated rings. The zero-order valence-electron chi connectivity index (χ0n) is 13.7. The summed E-state index contributed by atoms with van der Waals surface area (Å²) in [5.41, 5.74) is -0.0676. The molecule has 0 N–H and O–H groups in total. The second-order valence-corrected chi connectivity index (χ2v) is 8.33. The van der Waals surface area contributed by atoms with Gasteiger partial charge < -0.3 is 14.4 Å². The third kappa shape index (κ3) is 3.46. The van der Waals surface area contributed by atoms with Crippen LogP contribution in [0, 0.1) is 0 Å². The summed E-state index contributed by atoms with van der Waals surface area (Å²) in [5, 5.41) is 0. The number of carbonyl (C=O) groups is 1. The van der Waals surface area contributed by atoms with Gasteiger partial charge in [-0.1, -0.05) is 18.2 Å². The van der Waals surface area contributed by atoms with Gasteiger partial charge in [-0.25, -0.2) is 8.42 Å². The van der Waals surface area contributed by atoms with Crippen LogP contribution in [0.5, 0.6) is 0 Å². The lowest BCUT2D eigenvalue weighted by Gasteiger charge is -2.42. The SMILES string of the molecule is CCS(=O)(=O)N1CCOC[C@]2(CN(c3ccccc3)C(=O)CO2)C1. The average Bonchev–Trinajstić information content (AvgIpc) is 2.81. The van der Waals surface area contributed by atoms with E-state index in [1.807, 2.05) is 30.3 Å². The van der Waals surface area contributed by atoms with E-state index in [-0.39, 0.29) is 38.0 Å². The fourth-order valence-corrected chi connectivity index (χ4v) is 4.18. The van der Waals surface area contributed by atoms with E-state index in [0.717, 1.165) is 5.69 Å². The molecule has 1 amide bonds. The number of morpholine rings is 1. The molecule has 2 aliphatic heterocycles. The van der Waals surface area contributed by atoms with Crippen molar-refractivity contribution in [3.63, 3.8) is 0 Å². The number of rotatable bonds is 3. The first-order valence-corrected chi connectivity index (χ1v) is 9.62. The Morgan fingerprint density at radius 2 is 1.96 bits per heavy atom. The summed E-state index contributed by atoms with van der Waals surface area (Å²) in [7, 11) is -3.35. The van der Waals surface area contributed by atoms with Crippen LogP contribution in [-0.4, -0.2) is 69.4 Å². The second kappa shape index (κ2) is 6.79. The van der Waals surface area contributed by atoms with Crippen LogP contribution in [0.1, 0.15) is 6.92 Å². The van der Waals surface area contributed by atoms with Crippen molar-refractivity contribution in [1.29, 1.82) is 0 Å². The van der Waals surface area contributed by atoms with Crippen LogP contribution in [0.4, 0.5) is 5.69 Å². The van der Waals surface area contributed by atoms with Gasteiger partial charge in [0.05, 0.1) is 25.5 Å². The maximum Gasteiger partial charge on any atom is 0.253 e. The molecule has 0 aromatic heterocycles. The lowest BCUT2D eigenvalue weighted by atomic mass is 10.0. The van der Waals surface area contributed by atoms with E-state index in [0.29, 0.717) is 13.2 Å². The Labute approximate surface area is 142 Å². The highest BCUT2D eigenvalue weighted by molar-refractivity contribution is 7.89. The molecule has 0 aliphatic carbocycles. The number of carbonyl (C=O) groups excluding carboxylic acids is 1. The molecule has 0 radical (unpaired) electrons. The minimum absolute atomic E-state index is 0.0322. The first kappa shape index (κ1) is 17.3. The number of amides is 1. The number of sulfonamides is 1. The molecule has 0 bridgehead atoms. The van der Waals surface area contributed by atoms with Gasteiger partial charge in [0, 0.05) is 18.8 Å². The highest BCUT2D eigenvalue weighted by Crippen LogP contribution is 2.28. The lowest BCUT2D eigenvalue weighted by molar-refractivity contribution is -0.145. The number of ether oxygens (including phenoxy) is 2. The Balaban J connectivity index is 1.87. The molecule has 2 saturated heterocycles. The fourth-order valence-electron chi connectivity index (χ4n) is 3.03. The van der Waals surface area contributed by atoms with Gasteiger partial charge in [-0.3, -0.25) is 4.79 Å². The third-order valence-corrected chi connectivity index (χ3v) is 6.22. The Morgan fingerprint density at radius 1 is 1.21 bits per heavy atom. The van der Waals surface area contributed by atoms with Crippen LogP contribution in [-0.2, 0) is 24.3 Å². The van der Waals surface area contributed by atoms with Crippen LogP contribution >= 0.6 is 0 Å². The Kier molecular flexibility index (Phi) is 4.91. The van der Waals surface area contributed by atoms with Gasteiger partial charge in [-0.15, -0.1) is 0 Å². The monoisotopic (exact) mass is 354 g/mol. The van der Waals surface area contributed by atoms with Crippen molar-refractivity contribution in [3.8, 4) is 0 Å². The van der Waals surface area contributed by atoms with Crippen LogP contribution in [0.15, 0.2) is 30.3 Å². The number of hydrogen-bond donors (Lipinski definition) is 0. The maximum atomic E-state index is 12.3. The highest BCUT2D eigenvalue weighted by Gasteiger charge is 2.45. The number of benzene rings is 1. The predicted molar refractivity (Wildman–Crippen MR) is 89.3 cm³/mol. The van der Waals surface area contributed by atoms with E-state index in [1.165, 1.54) is 4.31 Å². The molecule has 0 unspecified atom stereocenters.